The Morgan fingerprint density at radius 3 is 2.52 bits per heavy atom. The van der Waals surface area contributed by atoms with Gasteiger partial charge in [0.25, 0.3) is 0 Å². The van der Waals surface area contributed by atoms with E-state index in [4.69, 9.17) is 9.47 Å². The van der Waals surface area contributed by atoms with Gasteiger partial charge in [-0.25, -0.2) is 14.0 Å². The van der Waals surface area contributed by atoms with Crippen LogP contribution in [0.3, 0.4) is 0 Å². The molecule has 1 saturated heterocycles. The van der Waals surface area contributed by atoms with E-state index in [0.717, 1.165) is 10.5 Å². The van der Waals surface area contributed by atoms with E-state index in [2.05, 4.69) is 0 Å². The van der Waals surface area contributed by atoms with E-state index < -0.39 is 29.9 Å². The smallest absolute Gasteiger partial charge is 0.411 e. The Bertz CT molecular complexity index is 555. The number of alkyl halides is 1. The number of hydrogen-bond acceptors (Lipinski definition) is 4. The highest BCUT2D eigenvalue weighted by Crippen LogP contribution is 2.24. The minimum Gasteiger partial charge on any atom is -0.459 e. The topological polar surface area (TPSA) is 55.8 Å². The second-order valence-corrected chi connectivity index (χ2v) is 6.57. The number of carbonyl (C=O) groups excluding carboxylic acids is 2. The van der Waals surface area contributed by atoms with Crippen molar-refractivity contribution in [2.75, 3.05) is 6.54 Å². The molecule has 0 N–H and O–H groups in total. The molecule has 5 nitrogen and oxygen atoms in total. The second-order valence-electron chi connectivity index (χ2n) is 6.57. The molecule has 2 atom stereocenters. The largest absolute Gasteiger partial charge is 0.459 e. The molecular formula is C17H22FNO4. The Morgan fingerprint density at radius 2 is 1.91 bits per heavy atom. The van der Waals surface area contributed by atoms with Gasteiger partial charge < -0.3 is 9.47 Å². The van der Waals surface area contributed by atoms with Crippen molar-refractivity contribution in [3.8, 4) is 0 Å². The summed E-state index contributed by atoms with van der Waals surface area (Å²) < 4.78 is 24.1. The number of rotatable bonds is 3. The third-order valence-corrected chi connectivity index (χ3v) is 3.37. The van der Waals surface area contributed by atoms with Crippen molar-refractivity contribution in [2.24, 2.45) is 0 Å². The molecule has 1 aromatic rings. The van der Waals surface area contributed by atoms with Gasteiger partial charge >= 0.3 is 12.1 Å². The molecule has 1 heterocycles. The lowest BCUT2D eigenvalue weighted by Gasteiger charge is -2.27. The summed E-state index contributed by atoms with van der Waals surface area (Å²) in [6.45, 7) is 5.10. The zero-order valence-corrected chi connectivity index (χ0v) is 13.6. The lowest BCUT2D eigenvalue weighted by Crippen LogP contribution is -2.44. The normalized spacial score (nSPS) is 21.1. The highest BCUT2D eigenvalue weighted by atomic mass is 19.1. The van der Waals surface area contributed by atoms with Crippen molar-refractivity contribution in [2.45, 2.75) is 51.6 Å². The average molecular weight is 323 g/mol. The number of benzene rings is 1. The molecule has 1 aliphatic heterocycles. The number of esters is 1. The highest BCUT2D eigenvalue weighted by molar-refractivity contribution is 5.82. The van der Waals surface area contributed by atoms with Gasteiger partial charge in [-0.2, -0.15) is 0 Å². The molecule has 0 aromatic heterocycles. The van der Waals surface area contributed by atoms with Gasteiger partial charge in [-0.05, 0) is 26.3 Å². The highest BCUT2D eigenvalue weighted by Gasteiger charge is 2.42. The van der Waals surface area contributed by atoms with Crippen molar-refractivity contribution in [3.05, 3.63) is 35.9 Å². The van der Waals surface area contributed by atoms with Gasteiger partial charge in [0, 0.05) is 6.42 Å². The monoisotopic (exact) mass is 323 g/mol. The maximum absolute atomic E-state index is 13.7. The van der Waals surface area contributed by atoms with Crippen LogP contribution in [-0.2, 0) is 20.9 Å². The predicted molar refractivity (Wildman–Crippen MR) is 82.5 cm³/mol. The van der Waals surface area contributed by atoms with Gasteiger partial charge in [0.2, 0.25) is 0 Å². The number of amides is 1. The van der Waals surface area contributed by atoms with E-state index in [0.29, 0.717) is 0 Å². The summed E-state index contributed by atoms with van der Waals surface area (Å²) in [6, 6.07) is 8.24. The first-order valence-corrected chi connectivity index (χ1v) is 7.60. The third kappa shape index (κ3) is 4.94. The Balaban J connectivity index is 1.98. The molecule has 2 unspecified atom stereocenters. The summed E-state index contributed by atoms with van der Waals surface area (Å²) in [7, 11) is 0. The van der Waals surface area contributed by atoms with Gasteiger partial charge in [0.15, 0.2) is 0 Å². The van der Waals surface area contributed by atoms with Crippen LogP contribution >= 0.6 is 0 Å². The molecule has 0 spiro atoms. The predicted octanol–water partition coefficient (Wildman–Crippen LogP) is 3.08. The molecular weight excluding hydrogens is 301 g/mol. The Hall–Kier alpha value is -2.11. The third-order valence-electron chi connectivity index (χ3n) is 3.37. The molecule has 2 rings (SSSR count). The number of nitrogens with zero attached hydrogens (tertiary/aromatic N) is 1. The van der Waals surface area contributed by atoms with E-state index in [1.807, 2.05) is 30.3 Å². The van der Waals surface area contributed by atoms with E-state index in [1.54, 1.807) is 20.8 Å². The summed E-state index contributed by atoms with van der Waals surface area (Å²) in [4.78, 5) is 25.4. The van der Waals surface area contributed by atoms with Crippen LogP contribution in [0.25, 0.3) is 0 Å². The molecule has 0 bridgehead atoms. The van der Waals surface area contributed by atoms with E-state index in [9.17, 15) is 14.0 Å². The van der Waals surface area contributed by atoms with Crippen LogP contribution in [-0.4, -0.2) is 41.3 Å². The first-order valence-electron chi connectivity index (χ1n) is 7.60. The number of carbonyl (C=O) groups is 2. The van der Waals surface area contributed by atoms with Gasteiger partial charge in [-0.1, -0.05) is 30.3 Å². The van der Waals surface area contributed by atoms with E-state index in [-0.39, 0.29) is 19.6 Å². The molecule has 126 valence electrons. The van der Waals surface area contributed by atoms with Crippen molar-refractivity contribution in [1.82, 2.24) is 4.90 Å². The number of likely N-dealkylation sites (tertiary alicyclic amines) is 1. The fourth-order valence-electron chi connectivity index (χ4n) is 2.36. The first kappa shape index (κ1) is 17.2. The molecule has 1 fully saturated rings. The van der Waals surface area contributed by atoms with Crippen molar-refractivity contribution >= 4 is 12.1 Å². The molecule has 0 aliphatic carbocycles. The van der Waals surface area contributed by atoms with Crippen molar-refractivity contribution in [1.29, 1.82) is 0 Å². The molecule has 1 aliphatic rings. The fraction of sp³-hybridized carbons (Fsp3) is 0.529. The summed E-state index contributed by atoms with van der Waals surface area (Å²) in [6.07, 6.45) is -2.01. The van der Waals surface area contributed by atoms with Crippen LogP contribution in [0.2, 0.25) is 0 Å². The van der Waals surface area contributed by atoms with Crippen LogP contribution in [0.1, 0.15) is 32.8 Å². The van der Waals surface area contributed by atoms with Crippen molar-refractivity contribution in [3.63, 3.8) is 0 Å². The van der Waals surface area contributed by atoms with Crippen LogP contribution in [0, 0.1) is 0 Å². The zero-order chi connectivity index (χ0) is 17.0. The summed E-state index contributed by atoms with van der Waals surface area (Å²) >= 11 is 0. The number of ether oxygens (including phenoxy) is 2. The minimum atomic E-state index is -1.25. The molecule has 23 heavy (non-hydrogen) atoms. The molecule has 1 aromatic carbocycles. The summed E-state index contributed by atoms with van der Waals surface area (Å²) in [5.41, 5.74) is 0.128. The second kappa shape index (κ2) is 6.98. The standard InChI is InChI=1S/C17H22FNO4/c1-17(2,3)23-16(21)19-10-13(18)9-14(19)15(20)22-11-12-7-5-4-6-8-12/h4-8,13-14H,9-11H2,1-3H3. The maximum Gasteiger partial charge on any atom is 0.411 e. The number of hydrogen-bond donors (Lipinski definition) is 0. The van der Waals surface area contributed by atoms with Crippen LogP contribution in [0.5, 0.6) is 0 Å². The quantitative estimate of drug-likeness (QED) is 0.802. The number of halogens is 1. The summed E-state index contributed by atoms with van der Waals surface area (Å²) in [5.74, 6) is -0.611. The average Bonchev–Trinajstić information content (AvgIpc) is 2.86. The van der Waals surface area contributed by atoms with E-state index >= 15 is 0 Å². The van der Waals surface area contributed by atoms with Crippen LogP contribution in [0.4, 0.5) is 9.18 Å². The lowest BCUT2D eigenvalue weighted by atomic mass is 10.2. The molecule has 1 amide bonds. The molecule has 0 radical (unpaired) electrons. The van der Waals surface area contributed by atoms with E-state index in [1.165, 1.54) is 0 Å². The SMILES string of the molecule is CC(C)(C)OC(=O)N1CC(F)CC1C(=O)OCc1ccccc1. The van der Waals surface area contributed by atoms with Gasteiger partial charge in [-0.15, -0.1) is 0 Å². The van der Waals surface area contributed by atoms with Gasteiger partial charge in [-0.3, -0.25) is 4.90 Å². The van der Waals surface area contributed by atoms with Crippen LogP contribution in [0.15, 0.2) is 30.3 Å². The summed E-state index contributed by atoms with van der Waals surface area (Å²) in [5, 5.41) is 0. The Labute approximate surface area is 135 Å². The first-order chi connectivity index (χ1) is 10.8. The molecule has 0 saturated carbocycles. The van der Waals surface area contributed by atoms with Gasteiger partial charge in [0.1, 0.15) is 24.4 Å². The Kier molecular flexibility index (Phi) is 5.23. The zero-order valence-electron chi connectivity index (χ0n) is 13.6. The maximum atomic E-state index is 13.7. The van der Waals surface area contributed by atoms with Crippen LogP contribution < -0.4 is 0 Å². The fourth-order valence-corrected chi connectivity index (χ4v) is 2.36. The lowest BCUT2D eigenvalue weighted by molar-refractivity contribution is -0.150. The van der Waals surface area contributed by atoms with Crippen molar-refractivity contribution < 1.29 is 23.5 Å². The molecule has 6 heteroatoms. The Morgan fingerprint density at radius 1 is 1.26 bits per heavy atom. The van der Waals surface area contributed by atoms with Gasteiger partial charge in [0.05, 0.1) is 6.54 Å². The minimum absolute atomic E-state index is 0.0626.